The Kier molecular flexibility index (Phi) is 35.5. The maximum atomic E-state index is 3.66. The maximum Gasteiger partial charge on any atom is 2.00 e. The van der Waals surface area contributed by atoms with Crippen molar-refractivity contribution in [2.24, 2.45) is 0 Å². The average Bonchev–Trinajstić information content (AvgIpc) is 1.94. The summed E-state index contributed by atoms with van der Waals surface area (Å²) < 4.78 is 0. The molecule has 0 aliphatic rings. The van der Waals surface area contributed by atoms with Crippen molar-refractivity contribution < 1.29 is 70.7 Å². The van der Waals surface area contributed by atoms with Crippen LogP contribution in [-0.2, 0) is 39.6 Å². The zero-order valence-electron chi connectivity index (χ0n) is 7.08. The van der Waals surface area contributed by atoms with Crippen molar-refractivity contribution >= 4 is 0 Å². The normalized spacial score (nSPS) is 5.50. The van der Waals surface area contributed by atoms with Crippen LogP contribution in [-0.4, -0.2) is 0 Å². The summed E-state index contributed by atoms with van der Waals surface area (Å²) in [4.78, 5) is 0. The molecule has 1 aromatic carbocycles. The summed E-state index contributed by atoms with van der Waals surface area (Å²) in [5.41, 5.74) is 0.947. The van der Waals surface area contributed by atoms with Crippen molar-refractivity contribution in [3.8, 4) is 0 Å². The largest absolute Gasteiger partial charge is 2.00 e. The molecule has 0 heterocycles. The standard InChI is InChI=1S/C7H6.C2H5.U.V.W/c1-7-5-3-2-4-6-7;1-2;;;/h2-5H,1H2;1H2,2H3;;;/q-2;-1;+2;;. The summed E-state index contributed by atoms with van der Waals surface area (Å²) in [5.74, 6) is 0. The molecule has 0 spiro atoms. The van der Waals surface area contributed by atoms with E-state index in [1.54, 1.807) is 6.92 Å². The molecule has 0 amide bonds. The van der Waals surface area contributed by atoms with Gasteiger partial charge in [0, 0.05) is 39.6 Å². The zero-order valence-corrected chi connectivity index (χ0v) is 15.6. The summed E-state index contributed by atoms with van der Waals surface area (Å²) in [5, 5.41) is 0. The van der Waals surface area contributed by atoms with E-state index in [-0.39, 0.29) is 70.7 Å². The average molecular weight is 592 g/mol. The molecular formula is C9H11UVW-. The number of hydrogen-bond acceptors (Lipinski definition) is 0. The minimum absolute atomic E-state index is 0. The first-order valence-corrected chi connectivity index (χ1v) is 2.89. The molecule has 0 unspecified atom stereocenters. The van der Waals surface area contributed by atoms with Gasteiger partial charge in [-0.1, -0.05) is 0 Å². The van der Waals surface area contributed by atoms with Crippen molar-refractivity contribution in [3.05, 3.63) is 49.7 Å². The summed E-state index contributed by atoms with van der Waals surface area (Å²) in [6, 6.07) is 10.6. The number of benzene rings is 1. The van der Waals surface area contributed by atoms with E-state index in [1.807, 2.05) is 24.3 Å². The van der Waals surface area contributed by atoms with Gasteiger partial charge in [-0.2, -0.15) is 19.1 Å². The maximum absolute atomic E-state index is 3.66. The summed E-state index contributed by atoms with van der Waals surface area (Å²) in [6.07, 6.45) is 0. The molecule has 63 valence electrons. The van der Waals surface area contributed by atoms with Crippen molar-refractivity contribution in [3.63, 3.8) is 0 Å². The van der Waals surface area contributed by atoms with Crippen molar-refractivity contribution in [1.82, 2.24) is 0 Å². The first-order valence-electron chi connectivity index (χ1n) is 2.89. The van der Waals surface area contributed by atoms with Gasteiger partial charge in [0.2, 0.25) is 0 Å². The van der Waals surface area contributed by atoms with Crippen LogP contribution in [0.5, 0.6) is 0 Å². The van der Waals surface area contributed by atoms with E-state index < -0.39 is 0 Å². The quantitative estimate of drug-likeness (QED) is 0.407. The molecule has 0 aliphatic carbocycles. The third-order valence-electron chi connectivity index (χ3n) is 0.773. The summed E-state index contributed by atoms with van der Waals surface area (Å²) in [6.45, 7) is 8.66. The Bertz CT molecular complexity index is 144. The van der Waals surface area contributed by atoms with Crippen LogP contribution in [0.4, 0.5) is 0 Å². The van der Waals surface area contributed by atoms with Gasteiger partial charge in [-0.3, -0.25) is 6.07 Å². The molecule has 3 heteroatoms. The Morgan fingerprint density at radius 3 is 1.92 bits per heavy atom. The van der Waals surface area contributed by atoms with Gasteiger partial charge in [0.25, 0.3) is 0 Å². The van der Waals surface area contributed by atoms with E-state index in [0.29, 0.717) is 0 Å². The predicted octanol–water partition coefficient (Wildman–Crippen LogP) is 2.50. The zero-order chi connectivity index (χ0) is 7.11. The van der Waals surface area contributed by atoms with Gasteiger partial charge in [-0.15, -0.1) is 6.07 Å². The van der Waals surface area contributed by atoms with Gasteiger partial charge in [0.15, 0.2) is 0 Å². The second kappa shape index (κ2) is 18.2. The van der Waals surface area contributed by atoms with Gasteiger partial charge < -0.3 is 25.5 Å². The molecule has 0 N–H and O–H groups in total. The third kappa shape index (κ3) is 14.0. The first-order chi connectivity index (χ1) is 4.39. The second-order valence-corrected chi connectivity index (χ2v) is 1.39. The van der Waals surface area contributed by atoms with E-state index in [2.05, 4.69) is 19.9 Å². The summed E-state index contributed by atoms with van der Waals surface area (Å²) >= 11 is 0. The fraction of sp³-hybridized carbons (Fsp3) is 0.111. The molecule has 1 aromatic rings. The fourth-order valence-electron chi connectivity index (χ4n) is 0.431. The van der Waals surface area contributed by atoms with Gasteiger partial charge in [0.05, 0.1) is 0 Å². The molecule has 12 heavy (non-hydrogen) atoms. The van der Waals surface area contributed by atoms with Crippen LogP contribution in [0, 0.1) is 51.0 Å². The van der Waals surface area contributed by atoms with E-state index >= 15 is 0 Å². The monoisotopic (exact) mass is 592 g/mol. The van der Waals surface area contributed by atoms with Gasteiger partial charge in [-0.25, -0.2) is 0 Å². The molecule has 0 atom stereocenters. The number of rotatable bonds is 0. The van der Waals surface area contributed by atoms with Gasteiger partial charge in [-0.05, 0) is 0 Å². The molecule has 0 aromatic heterocycles. The van der Waals surface area contributed by atoms with E-state index in [1.165, 1.54) is 0 Å². The Balaban J connectivity index is -0.0000000600. The Labute approximate surface area is 126 Å². The molecule has 1 radical (unpaired) electrons. The molecule has 0 nitrogen and oxygen atoms in total. The van der Waals surface area contributed by atoms with Crippen LogP contribution >= 0.6 is 0 Å². The van der Waals surface area contributed by atoms with Crippen molar-refractivity contribution in [1.29, 1.82) is 0 Å². The summed E-state index contributed by atoms with van der Waals surface area (Å²) in [7, 11) is 0. The van der Waals surface area contributed by atoms with Crippen LogP contribution in [0.1, 0.15) is 12.5 Å². The van der Waals surface area contributed by atoms with E-state index in [4.69, 9.17) is 0 Å². The van der Waals surface area contributed by atoms with Crippen LogP contribution in [0.25, 0.3) is 0 Å². The predicted molar refractivity (Wildman–Crippen MR) is 40.8 cm³/mol. The Hall–Kier alpha value is 1.41. The molecule has 0 fully saturated rings. The van der Waals surface area contributed by atoms with Crippen LogP contribution in [0.2, 0.25) is 0 Å². The number of hydrogen-bond donors (Lipinski definition) is 0. The van der Waals surface area contributed by atoms with Crippen molar-refractivity contribution in [2.45, 2.75) is 6.92 Å². The van der Waals surface area contributed by atoms with Crippen LogP contribution in [0.15, 0.2) is 24.3 Å². The SMILES string of the molecule is [CH2-]C.[CH2-]c1[c-]cccc1.[U+2].[V].[W]. The van der Waals surface area contributed by atoms with Gasteiger partial charge in [0.1, 0.15) is 0 Å². The molecular weight excluding hydrogens is 581 g/mol. The topological polar surface area (TPSA) is 0 Å². The Morgan fingerprint density at radius 2 is 1.75 bits per heavy atom. The van der Waals surface area contributed by atoms with Crippen molar-refractivity contribution in [2.75, 3.05) is 0 Å². The fourth-order valence-corrected chi connectivity index (χ4v) is 0.431. The minimum atomic E-state index is 0. The van der Waals surface area contributed by atoms with E-state index in [9.17, 15) is 0 Å². The first kappa shape index (κ1) is 23.3. The smallest absolute Gasteiger partial charge is 0.374 e. The van der Waals surface area contributed by atoms with Gasteiger partial charge >= 0.3 is 31.1 Å². The molecule has 0 bridgehead atoms. The Morgan fingerprint density at radius 1 is 1.25 bits per heavy atom. The molecule has 0 aliphatic heterocycles. The van der Waals surface area contributed by atoms with Crippen LogP contribution < -0.4 is 0 Å². The minimum Gasteiger partial charge on any atom is -0.374 e. The third-order valence-corrected chi connectivity index (χ3v) is 0.773. The second-order valence-electron chi connectivity index (χ2n) is 1.39. The molecule has 0 saturated heterocycles. The molecule has 0 saturated carbocycles. The van der Waals surface area contributed by atoms with E-state index in [0.717, 1.165) is 5.56 Å². The van der Waals surface area contributed by atoms with Crippen LogP contribution in [0.3, 0.4) is 0 Å². The molecule has 1 rings (SSSR count).